The smallest absolute Gasteiger partial charge is 0.320 e. The van der Waals surface area contributed by atoms with E-state index in [2.05, 4.69) is 20.6 Å². The normalized spacial score (nSPS) is 16.1. The van der Waals surface area contributed by atoms with Gasteiger partial charge in [0, 0.05) is 36.3 Å². The molecule has 1 amide bonds. The molecule has 5 rings (SSSR count). The summed E-state index contributed by atoms with van der Waals surface area (Å²) in [5.41, 5.74) is 1.64. The fourth-order valence-corrected chi connectivity index (χ4v) is 4.02. The molecule has 0 radical (unpaired) electrons. The van der Waals surface area contributed by atoms with Crippen LogP contribution < -0.4 is 15.4 Å². The molecule has 0 unspecified atom stereocenters. The summed E-state index contributed by atoms with van der Waals surface area (Å²) in [6, 6.07) is 7.80. The van der Waals surface area contributed by atoms with Crippen LogP contribution in [0.4, 0.5) is 21.6 Å². The van der Waals surface area contributed by atoms with E-state index in [-0.39, 0.29) is 23.4 Å². The summed E-state index contributed by atoms with van der Waals surface area (Å²) in [5, 5.41) is 6.64. The molecule has 1 aromatic heterocycles. The number of carbonyl (C=O) groups excluding carboxylic acids is 2. The predicted octanol–water partition coefficient (Wildman–Crippen LogP) is 4.31. The lowest BCUT2D eigenvalue weighted by Gasteiger charge is -2.24. The Labute approximate surface area is 217 Å². The van der Waals surface area contributed by atoms with E-state index in [1.165, 1.54) is 24.5 Å². The van der Waals surface area contributed by atoms with Crippen LogP contribution in [-0.2, 0) is 14.3 Å². The van der Waals surface area contributed by atoms with Gasteiger partial charge in [-0.25, -0.2) is 14.4 Å². The van der Waals surface area contributed by atoms with E-state index < -0.39 is 5.82 Å². The number of ether oxygens (including phenoxy) is 2. The molecule has 2 aliphatic rings. The van der Waals surface area contributed by atoms with Gasteiger partial charge in [0.1, 0.15) is 30.3 Å². The first-order chi connectivity index (χ1) is 17.9. The maximum atomic E-state index is 13.6. The summed E-state index contributed by atoms with van der Waals surface area (Å²) in [6.07, 6.45) is 6.79. The van der Waals surface area contributed by atoms with Crippen molar-refractivity contribution in [3.05, 3.63) is 59.7 Å². The molecule has 1 aliphatic carbocycles. The Hall–Kier alpha value is -3.76. The van der Waals surface area contributed by atoms with Crippen LogP contribution in [-0.4, -0.2) is 59.6 Å². The van der Waals surface area contributed by atoms with Crippen molar-refractivity contribution < 1.29 is 23.5 Å². The predicted molar refractivity (Wildman–Crippen MR) is 138 cm³/mol. The molecule has 1 saturated carbocycles. The number of benzene rings is 2. The lowest BCUT2D eigenvalue weighted by atomic mass is 10.1. The minimum absolute atomic E-state index is 0.0136. The molecule has 2 heterocycles. The minimum Gasteiger partial charge on any atom is -0.491 e. The third-order valence-corrected chi connectivity index (χ3v) is 6.29. The number of carbonyl (C=O) groups is 2. The number of rotatable bonds is 9. The monoisotopic (exact) mass is 525 g/mol. The molecule has 3 aromatic rings. The van der Waals surface area contributed by atoms with Gasteiger partial charge in [0.2, 0.25) is 5.91 Å². The number of amides is 1. The van der Waals surface area contributed by atoms with Crippen LogP contribution in [0, 0.1) is 11.7 Å². The van der Waals surface area contributed by atoms with Gasteiger partial charge < -0.3 is 20.1 Å². The van der Waals surface area contributed by atoms with Crippen LogP contribution in [0.5, 0.6) is 5.75 Å². The van der Waals surface area contributed by atoms with Crippen molar-refractivity contribution in [1.82, 2.24) is 14.9 Å². The van der Waals surface area contributed by atoms with E-state index in [4.69, 9.17) is 21.1 Å². The first kappa shape index (κ1) is 24.9. The number of halogens is 2. The maximum absolute atomic E-state index is 13.6. The Morgan fingerprint density at radius 3 is 2.92 bits per heavy atom. The number of nitrogens with zero attached hydrogens (tertiary/aromatic N) is 3. The number of nitrogens with one attached hydrogen (secondary N) is 2. The number of hydrogen-bond acceptors (Lipinski definition) is 8. The second-order valence-corrected chi connectivity index (χ2v) is 9.35. The van der Waals surface area contributed by atoms with Gasteiger partial charge in [0.15, 0.2) is 0 Å². The molecular weight excluding hydrogens is 501 g/mol. The zero-order chi connectivity index (χ0) is 25.8. The second-order valence-electron chi connectivity index (χ2n) is 8.94. The van der Waals surface area contributed by atoms with E-state index in [1.807, 2.05) is 4.90 Å². The fourth-order valence-electron chi connectivity index (χ4n) is 3.84. The zero-order valence-corrected chi connectivity index (χ0v) is 20.6. The van der Waals surface area contributed by atoms with Crippen LogP contribution in [0.1, 0.15) is 12.8 Å². The molecule has 2 N–H and O–H groups in total. The van der Waals surface area contributed by atoms with E-state index >= 15 is 0 Å². The Morgan fingerprint density at radius 2 is 2.14 bits per heavy atom. The zero-order valence-electron chi connectivity index (χ0n) is 19.9. The van der Waals surface area contributed by atoms with Crippen LogP contribution in [0.25, 0.3) is 10.9 Å². The van der Waals surface area contributed by atoms with E-state index in [1.54, 1.807) is 24.3 Å². The number of morpholine rings is 1. The number of cyclic esters (lactones) is 1. The van der Waals surface area contributed by atoms with Crippen molar-refractivity contribution in [3.8, 4) is 5.75 Å². The topological polar surface area (TPSA) is 106 Å². The summed E-state index contributed by atoms with van der Waals surface area (Å²) < 4.78 is 24.5. The second kappa shape index (κ2) is 11.1. The molecule has 2 fully saturated rings. The third-order valence-electron chi connectivity index (χ3n) is 6.00. The summed E-state index contributed by atoms with van der Waals surface area (Å²) >= 11 is 5.92. The highest BCUT2D eigenvalue weighted by Gasteiger charge is 2.23. The molecule has 1 aliphatic heterocycles. The van der Waals surface area contributed by atoms with Gasteiger partial charge in [0.25, 0.3) is 0 Å². The van der Waals surface area contributed by atoms with Crippen molar-refractivity contribution in [2.75, 3.05) is 43.5 Å². The summed E-state index contributed by atoms with van der Waals surface area (Å²) in [4.78, 5) is 34.7. The lowest BCUT2D eigenvalue weighted by molar-refractivity contribution is -0.150. The average Bonchev–Trinajstić information content (AvgIpc) is 3.70. The van der Waals surface area contributed by atoms with Gasteiger partial charge in [-0.05, 0) is 43.0 Å². The van der Waals surface area contributed by atoms with Crippen molar-refractivity contribution >= 4 is 51.6 Å². The van der Waals surface area contributed by atoms with Gasteiger partial charge in [-0.15, -0.1) is 0 Å². The van der Waals surface area contributed by atoms with Gasteiger partial charge in [0.05, 0.1) is 29.4 Å². The lowest BCUT2D eigenvalue weighted by Crippen LogP contribution is -2.39. The molecule has 0 spiro atoms. The molecular formula is C26H25ClFN5O4. The molecule has 192 valence electrons. The van der Waals surface area contributed by atoms with E-state index in [0.717, 1.165) is 12.8 Å². The quantitative estimate of drug-likeness (QED) is 0.314. The first-order valence-electron chi connectivity index (χ1n) is 11.9. The fraction of sp³-hybridized carbons (Fsp3) is 0.308. The number of anilines is 3. The highest BCUT2D eigenvalue weighted by atomic mass is 35.5. The van der Waals surface area contributed by atoms with Crippen molar-refractivity contribution in [3.63, 3.8) is 0 Å². The highest BCUT2D eigenvalue weighted by molar-refractivity contribution is 6.31. The van der Waals surface area contributed by atoms with Gasteiger partial charge in [-0.3, -0.25) is 14.5 Å². The number of aromatic nitrogens is 2. The average molecular weight is 526 g/mol. The Balaban J connectivity index is 1.37. The molecule has 1 saturated heterocycles. The minimum atomic E-state index is -0.518. The first-order valence-corrected chi connectivity index (χ1v) is 12.3. The van der Waals surface area contributed by atoms with Crippen LogP contribution in [0.3, 0.4) is 0 Å². The number of fused-ring (bicyclic) bond motifs is 1. The summed E-state index contributed by atoms with van der Waals surface area (Å²) in [7, 11) is 0. The van der Waals surface area contributed by atoms with Gasteiger partial charge >= 0.3 is 5.97 Å². The van der Waals surface area contributed by atoms with Gasteiger partial charge in [-0.2, -0.15) is 0 Å². The van der Waals surface area contributed by atoms with Crippen molar-refractivity contribution in [1.29, 1.82) is 0 Å². The molecule has 9 nitrogen and oxygen atoms in total. The standard InChI is InChI=1S/C26H25ClFN5O4/c27-19-10-17(5-6-20(19)28)31-26-18-11-22(23(37-14-16-3-4-16)12-21(18)29-15-30-26)32-24(34)2-1-7-33-8-9-36-25(35)13-33/h1-2,5-6,10-12,15-16H,3-4,7-9,13-14H2,(H,32,34)(H,29,30,31)/b2-1+. The Bertz CT molecular complexity index is 1360. The third kappa shape index (κ3) is 6.52. The summed E-state index contributed by atoms with van der Waals surface area (Å²) in [6.45, 7) is 2.18. The van der Waals surface area contributed by atoms with Crippen LogP contribution in [0.2, 0.25) is 5.02 Å². The van der Waals surface area contributed by atoms with E-state index in [0.29, 0.717) is 66.1 Å². The SMILES string of the molecule is O=C(/C=C/CN1CCOC(=O)C1)Nc1cc2c(Nc3ccc(F)c(Cl)c3)ncnc2cc1OCC1CC1. The number of esters is 1. The van der Waals surface area contributed by atoms with Crippen molar-refractivity contribution in [2.45, 2.75) is 12.8 Å². The molecule has 11 heteroatoms. The summed E-state index contributed by atoms with van der Waals surface area (Å²) in [5.74, 6) is 0.356. The molecule has 2 aromatic carbocycles. The molecule has 37 heavy (non-hydrogen) atoms. The number of hydrogen-bond donors (Lipinski definition) is 2. The van der Waals surface area contributed by atoms with Gasteiger partial charge in [-0.1, -0.05) is 17.7 Å². The largest absolute Gasteiger partial charge is 0.491 e. The van der Waals surface area contributed by atoms with Crippen LogP contribution in [0.15, 0.2) is 48.8 Å². The highest BCUT2D eigenvalue weighted by Crippen LogP contribution is 2.36. The molecule has 0 bridgehead atoms. The Morgan fingerprint density at radius 1 is 1.27 bits per heavy atom. The Kier molecular flexibility index (Phi) is 7.47. The van der Waals surface area contributed by atoms with Crippen LogP contribution >= 0.6 is 11.6 Å². The van der Waals surface area contributed by atoms with E-state index in [9.17, 15) is 14.0 Å². The maximum Gasteiger partial charge on any atom is 0.320 e. The van der Waals surface area contributed by atoms with Crippen molar-refractivity contribution in [2.24, 2.45) is 5.92 Å². The molecule has 0 atom stereocenters.